The molecule has 3 saturated carbocycles. The lowest BCUT2D eigenvalue weighted by Gasteiger charge is -2.33. The molecule has 3 unspecified atom stereocenters. The number of nitrogens with zero attached hydrogens (tertiary/aromatic N) is 2. The van der Waals surface area contributed by atoms with Crippen LogP contribution in [0.1, 0.15) is 197 Å². The third-order valence-electron chi connectivity index (χ3n) is 27.7. The van der Waals surface area contributed by atoms with Gasteiger partial charge >= 0.3 is 0 Å². The van der Waals surface area contributed by atoms with E-state index in [0.717, 1.165) is 41.3 Å². The second kappa shape index (κ2) is 31.1. The molecule has 14 aromatic rings. The number of anilines is 5. The second-order valence-corrected chi connectivity index (χ2v) is 35.6. The van der Waals surface area contributed by atoms with Gasteiger partial charge in [-0.15, -0.1) is 0 Å². The Balaban J connectivity index is 0.000000169. The molecule has 3 fully saturated rings. The Morgan fingerprint density at radius 2 is 0.757 bits per heavy atom. The van der Waals surface area contributed by atoms with Gasteiger partial charge in [0, 0.05) is 63.7 Å². The Bertz CT molecular complexity index is 5870. The van der Waals surface area contributed by atoms with Crippen LogP contribution in [0.15, 0.2) is 309 Å². The molecule has 0 radical (unpaired) electrons. The maximum atomic E-state index is 6.64. The summed E-state index contributed by atoms with van der Waals surface area (Å²) in [5, 5.41) is 2.54. The zero-order chi connectivity index (χ0) is 77.3. The van der Waals surface area contributed by atoms with E-state index >= 15 is 0 Å². The fourth-order valence-electron chi connectivity index (χ4n) is 20.9. The van der Waals surface area contributed by atoms with Crippen LogP contribution in [0.2, 0.25) is 0 Å². The first-order chi connectivity index (χ1) is 55.6. The molecule has 574 valence electrons. The smallest absolute Gasteiger partial charge is 0.123 e. The number of benzene rings is 14. The van der Waals surface area contributed by atoms with Crippen LogP contribution < -0.4 is 14.5 Å². The summed E-state index contributed by atoms with van der Waals surface area (Å²) < 4.78 is 6.64. The lowest BCUT2D eigenvalue weighted by Crippen LogP contribution is -2.31. The van der Waals surface area contributed by atoms with E-state index in [1.807, 2.05) is 0 Å². The first-order valence-corrected chi connectivity index (χ1v) is 42.6. The van der Waals surface area contributed by atoms with E-state index in [1.165, 1.54) is 226 Å². The minimum atomic E-state index is -0.179. The van der Waals surface area contributed by atoms with Crippen LogP contribution in [0.5, 0.6) is 5.75 Å². The maximum Gasteiger partial charge on any atom is 0.123 e. The molecule has 1 aliphatic heterocycles. The van der Waals surface area contributed by atoms with Crippen LogP contribution in [-0.2, 0) is 17.3 Å². The Labute approximate surface area is 682 Å². The van der Waals surface area contributed by atoms with Crippen LogP contribution >= 0.6 is 0 Å². The Morgan fingerprint density at radius 3 is 1.42 bits per heavy atom. The largest absolute Gasteiger partial charge is 0.489 e. The van der Waals surface area contributed by atoms with Crippen molar-refractivity contribution in [2.45, 2.75) is 166 Å². The van der Waals surface area contributed by atoms with Gasteiger partial charge < -0.3 is 20.0 Å². The van der Waals surface area contributed by atoms with Gasteiger partial charge in [0.2, 0.25) is 0 Å². The molecule has 0 spiro atoms. The molecule has 0 bridgehead atoms. The molecular formula is C111H108N2O2. The summed E-state index contributed by atoms with van der Waals surface area (Å²) in [4.78, 5) is 4.81. The van der Waals surface area contributed by atoms with Crippen LogP contribution in [0, 0.1) is 18.8 Å². The zero-order valence-corrected chi connectivity index (χ0v) is 68.3. The number of ether oxygens (including phenoxy) is 1. The first kappa shape index (κ1) is 75.1. The molecule has 2 N–H and O–H groups in total. The predicted molar refractivity (Wildman–Crippen MR) is 485 cm³/mol. The van der Waals surface area contributed by atoms with Gasteiger partial charge in [0.25, 0.3) is 0 Å². The number of fused-ring (bicyclic) bond motifs is 13. The van der Waals surface area contributed by atoms with Gasteiger partial charge in [0.1, 0.15) is 11.9 Å². The van der Waals surface area contributed by atoms with Crippen molar-refractivity contribution in [1.29, 1.82) is 0 Å². The number of hydrogen-bond donors (Lipinski definition) is 0. The molecule has 21 rings (SSSR count). The normalized spacial score (nSPS) is 19.8. The van der Waals surface area contributed by atoms with Crippen molar-refractivity contribution in [2.75, 3.05) is 16.8 Å². The van der Waals surface area contributed by atoms with Gasteiger partial charge in [-0.05, 0) is 282 Å². The summed E-state index contributed by atoms with van der Waals surface area (Å²) in [5.74, 6) is 5.42. The van der Waals surface area contributed by atoms with Crippen LogP contribution in [0.25, 0.3) is 77.5 Å². The minimum Gasteiger partial charge on any atom is -0.489 e. The molecule has 7 aliphatic rings. The molecule has 1 heterocycles. The fourth-order valence-corrected chi connectivity index (χ4v) is 20.9. The summed E-state index contributed by atoms with van der Waals surface area (Å²) in [6, 6.07) is 116. The predicted octanol–water partition coefficient (Wildman–Crippen LogP) is 29.5. The maximum absolute atomic E-state index is 6.64. The van der Waals surface area contributed by atoms with Crippen molar-refractivity contribution in [3.8, 4) is 72.5 Å². The van der Waals surface area contributed by atoms with Gasteiger partial charge in [-0.1, -0.05) is 310 Å². The average molecular weight is 1500 g/mol. The summed E-state index contributed by atoms with van der Waals surface area (Å²) in [6.07, 6.45) is 15.8. The third kappa shape index (κ3) is 14.3. The fraction of sp³-hybridized carbons (Fsp3) is 0.261. The Kier molecular flexibility index (Phi) is 20.3. The summed E-state index contributed by atoms with van der Waals surface area (Å²) >= 11 is 0. The van der Waals surface area contributed by atoms with Crippen LogP contribution in [0.4, 0.5) is 28.4 Å². The van der Waals surface area contributed by atoms with E-state index in [1.54, 1.807) is 0 Å². The Hall–Kier alpha value is -11.3. The lowest BCUT2D eigenvalue weighted by atomic mass is 9.74. The third-order valence-corrected chi connectivity index (χ3v) is 27.7. The van der Waals surface area contributed by atoms with E-state index in [4.69, 9.17) is 4.74 Å². The van der Waals surface area contributed by atoms with Crippen molar-refractivity contribution in [3.05, 3.63) is 371 Å². The van der Waals surface area contributed by atoms with Crippen molar-refractivity contribution < 1.29 is 10.2 Å². The molecule has 6 aliphatic carbocycles. The molecular weight excluding hydrogens is 1390 g/mol. The highest BCUT2D eigenvalue weighted by Crippen LogP contribution is 2.56. The zero-order valence-electron chi connectivity index (χ0n) is 68.3. The van der Waals surface area contributed by atoms with Crippen molar-refractivity contribution in [2.24, 2.45) is 11.8 Å². The molecule has 14 aromatic carbocycles. The quantitative estimate of drug-likeness (QED) is 0.130. The second-order valence-electron chi connectivity index (χ2n) is 35.6. The highest BCUT2D eigenvalue weighted by Gasteiger charge is 2.43. The highest BCUT2D eigenvalue weighted by molar-refractivity contribution is 5.92. The summed E-state index contributed by atoms with van der Waals surface area (Å²) in [5.41, 5.74) is 36.9. The molecule has 0 saturated heterocycles. The van der Waals surface area contributed by atoms with Crippen molar-refractivity contribution in [3.63, 3.8) is 0 Å². The topological polar surface area (TPSA) is 47.2 Å². The van der Waals surface area contributed by atoms with E-state index in [-0.39, 0.29) is 22.4 Å². The standard InChI is InChI=1S/C68H53NO.C35H37N.C8H16.H2O/c1-68(2)64-41-51(43-11-4-3-5-12-43)28-34-60(64)61-36-32-56(42-65(61)68)69(55-31-35-58-53(40-55)39-52-38-50(27-33-57(52)58)49-24-21-44-13-6-7-14-48(44)37-49)54-29-25-46(26-30-54)45-19-22-47(23-20-45)59-16-10-17-63-62-15-8-9-18-66(62)70-67(59)63;1-24-10-20-31-32-21-19-30(23-34(32)35(2,3)33(31)22-24)36(4)29-17-15-28(16-18-29)27-13-11-26(12-14-27)25-8-6-5-7-9-25;1-7-3-5-8(2)6-4-7;/h3-9,11-15,18-38,40-42,59,63,67H,10,16-17,39H2,1-2H3;5-10,15-23,26-27H,11-14H2,1-4H3;7-8H,3-6H2,1-2H3;1H2. The van der Waals surface area contributed by atoms with E-state index in [2.05, 4.69) is 375 Å². The van der Waals surface area contributed by atoms with Gasteiger partial charge in [-0.3, -0.25) is 0 Å². The monoisotopic (exact) mass is 1500 g/mol. The molecule has 4 heteroatoms. The van der Waals surface area contributed by atoms with E-state index in [0.29, 0.717) is 17.8 Å². The molecule has 3 atom stereocenters. The van der Waals surface area contributed by atoms with Gasteiger partial charge in [0.05, 0.1) is 0 Å². The average Bonchev–Trinajstić information content (AvgIpc) is 1.58. The molecule has 4 nitrogen and oxygen atoms in total. The van der Waals surface area contributed by atoms with E-state index < -0.39 is 0 Å². The first-order valence-electron chi connectivity index (χ1n) is 42.6. The van der Waals surface area contributed by atoms with E-state index in [9.17, 15) is 0 Å². The molecule has 115 heavy (non-hydrogen) atoms. The SMILES string of the molecule is CC1(C)c2cc(-c3ccccc3)ccc2-c2ccc(N(c3ccc(-c4ccc(C5CCCC6c7ccccc7OC56)cc4)cc3)c3ccc4c(c3)Cc3cc(-c5ccc6ccccc6c5)ccc3-4)cc21.CC1CCC(C)CC1.Cc1ccc2c(c1)C(C)(C)c1cc(N(C)c3ccc(C4CCC(c5ccccc5)CC4)cc3)ccc1-2.O. The summed E-state index contributed by atoms with van der Waals surface area (Å²) in [7, 11) is 2.20. The highest BCUT2D eigenvalue weighted by atomic mass is 16.5. The van der Waals surface area contributed by atoms with Gasteiger partial charge in [-0.25, -0.2) is 0 Å². The number of rotatable bonds is 11. The number of para-hydroxylation sites is 1. The molecule has 0 amide bonds. The van der Waals surface area contributed by atoms with Crippen LogP contribution in [-0.4, -0.2) is 18.6 Å². The minimum absolute atomic E-state index is 0. The van der Waals surface area contributed by atoms with Gasteiger partial charge in [-0.2, -0.15) is 0 Å². The Morgan fingerprint density at radius 1 is 0.322 bits per heavy atom. The van der Waals surface area contributed by atoms with Crippen molar-refractivity contribution >= 4 is 39.2 Å². The number of hydrogen-bond acceptors (Lipinski definition) is 3. The summed E-state index contributed by atoms with van der Waals surface area (Å²) in [6.45, 7) is 16.4. The lowest BCUT2D eigenvalue weighted by molar-refractivity contribution is 0.138. The van der Waals surface area contributed by atoms with Gasteiger partial charge in [0.15, 0.2) is 0 Å². The molecule has 0 aromatic heterocycles. The van der Waals surface area contributed by atoms with Crippen LogP contribution in [0.3, 0.4) is 0 Å². The number of aryl methyl sites for hydroxylation is 1. The van der Waals surface area contributed by atoms with Crippen molar-refractivity contribution in [1.82, 2.24) is 0 Å².